The molecule has 2 nitrogen and oxygen atoms in total. The highest BCUT2D eigenvalue weighted by Gasteiger charge is 2.41. The van der Waals surface area contributed by atoms with Gasteiger partial charge in [-0.05, 0) is 66.3 Å². The molecule has 2 rings (SSSR count). The van der Waals surface area contributed by atoms with Gasteiger partial charge in [-0.1, -0.05) is 26.0 Å². The van der Waals surface area contributed by atoms with Crippen LogP contribution >= 0.6 is 15.9 Å². The lowest BCUT2D eigenvalue weighted by Gasteiger charge is -2.44. The first kappa shape index (κ1) is 16.9. The zero-order valence-electron chi connectivity index (χ0n) is 12.9. The fourth-order valence-corrected chi connectivity index (χ4v) is 4.07. The van der Waals surface area contributed by atoms with Crippen molar-refractivity contribution in [2.45, 2.75) is 57.6 Å². The van der Waals surface area contributed by atoms with Crippen LogP contribution in [0.15, 0.2) is 22.7 Å². The van der Waals surface area contributed by atoms with E-state index in [0.717, 1.165) is 31.5 Å². The van der Waals surface area contributed by atoms with Crippen molar-refractivity contribution in [3.05, 3.63) is 34.1 Å². The van der Waals surface area contributed by atoms with Gasteiger partial charge in [0.15, 0.2) is 0 Å². The normalized spacial score (nSPS) is 18.1. The summed E-state index contributed by atoms with van der Waals surface area (Å²) in [6.07, 6.45) is 4.24. The van der Waals surface area contributed by atoms with Crippen LogP contribution in [0.2, 0.25) is 0 Å². The number of aliphatic hydroxyl groups is 1. The molecule has 0 aromatic heterocycles. The Labute approximate surface area is 135 Å². The first-order valence-corrected chi connectivity index (χ1v) is 8.70. The maximum atomic E-state index is 13.7. The van der Waals surface area contributed by atoms with Crippen LogP contribution in [0.1, 0.15) is 45.1 Å². The molecule has 21 heavy (non-hydrogen) atoms. The fourth-order valence-electron chi connectivity index (χ4n) is 3.65. The van der Waals surface area contributed by atoms with E-state index in [-0.39, 0.29) is 11.4 Å². The van der Waals surface area contributed by atoms with E-state index in [9.17, 15) is 9.50 Å². The lowest BCUT2D eigenvalue weighted by molar-refractivity contribution is -0.0270. The summed E-state index contributed by atoms with van der Waals surface area (Å²) in [5.74, 6) is -0.264. The van der Waals surface area contributed by atoms with Crippen LogP contribution in [0.25, 0.3) is 0 Å². The van der Waals surface area contributed by atoms with E-state index in [0.29, 0.717) is 10.9 Å². The van der Waals surface area contributed by atoms with Crippen molar-refractivity contribution in [1.29, 1.82) is 0 Å². The third-order valence-electron chi connectivity index (χ3n) is 5.03. The van der Waals surface area contributed by atoms with E-state index < -0.39 is 6.10 Å². The molecule has 118 valence electrons. The third-order valence-corrected chi connectivity index (χ3v) is 5.91. The van der Waals surface area contributed by atoms with Crippen LogP contribution in [0.3, 0.4) is 0 Å². The number of likely N-dealkylation sites (tertiary alicyclic amines) is 1. The Bertz CT molecular complexity index is 470. The monoisotopic (exact) mass is 357 g/mol. The predicted molar refractivity (Wildman–Crippen MR) is 87.9 cm³/mol. The predicted octanol–water partition coefficient (Wildman–Crippen LogP) is 4.15. The van der Waals surface area contributed by atoms with Crippen molar-refractivity contribution in [2.24, 2.45) is 0 Å². The van der Waals surface area contributed by atoms with Crippen molar-refractivity contribution in [3.8, 4) is 0 Å². The second-order valence-electron chi connectivity index (χ2n) is 5.94. The molecule has 1 aliphatic heterocycles. The van der Waals surface area contributed by atoms with Crippen LogP contribution < -0.4 is 0 Å². The molecular formula is C17H25BrFNO. The minimum absolute atomic E-state index is 0.192. The van der Waals surface area contributed by atoms with Gasteiger partial charge in [0.05, 0.1) is 10.6 Å². The Morgan fingerprint density at radius 2 is 1.90 bits per heavy atom. The maximum absolute atomic E-state index is 13.7. The van der Waals surface area contributed by atoms with Gasteiger partial charge in [-0.15, -0.1) is 0 Å². The van der Waals surface area contributed by atoms with Crippen LogP contribution in [0.5, 0.6) is 0 Å². The molecule has 1 aliphatic rings. The molecule has 1 unspecified atom stereocenters. The molecule has 1 N–H and O–H groups in total. The quantitative estimate of drug-likeness (QED) is 0.826. The number of hydrogen-bond donors (Lipinski definition) is 1. The average Bonchev–Trinajstić information content (AvgIpc) is 3.00. The molecule has 4 heteroatoms. The van der Waals surface area contributed by atoms with Crippen molar-refractivity contribution in [2.75, 3.05) is 13.1 Å². The lowest BCUT2D eigenvalue weighted by atomic mass is 9.82. The second-order valence-corrected chi connectivity index (χ2v) is 6.73. The highest BCUT2D eigenvalue weighted by molar-refractivity contribution is 9.10. The van der Waals surface area contributed by atoms with Crippen molar-refractivity contribution >= 4 is 15.9 Å². The summed E-state index contributed by atoms with van der Waals surface area (Å²) in [4.78, 5) is 2.44. The summed E-state index contributed by atoms with van der Waals surface area (Å²) in [7, 11) is 0. The molecule has 1 atom stereocenters. The van der Waals surface area contributed by atoms with E-state index in [1.807, 2.05) is 6.07 Å². The van der Waals surface area contributed by atoms with Gasteiger partial charge in [0.1, 0.15) is 5.82 Å². The van der Waals surface area contributed by atoms with E-state index >= 15 is 0 Å². The Kier molecular flexibility index (Phi) is 5.81. The number of benzene rings is 1. The van der Waals surface area contributed by atoms with Gasteiger partial charge in [0, 0.05) is 12.0 Å². The molecule has 1 aromatic rings. The van der Waals surface area contributed by atoms with E-state index in [2.05, 4.69) is 34.7 Å². The van der Waals surface area contributed by atoms with E-state index in [4.69, 9.17) is 0 Å². The second kappa shape index (κ2) is 7.21. The first-order chi connectivity index (χ1) is 10.0. The summed E-state index contributed by atoms with van der Waals surface area (Å²) in [6, 6.07) is 5.03. The average molecular weight is 358 g/mol. The molecule has 0 bridgehead atoms. The largest absolute Gasteiger partial charge is 0.391 e. The van der Waals surface area contributed by atoms with Crippen molar-refractivity contribution in [3.63, 3.8) is 0 Å². The number of nitrogens with zero attached hydrogens (tertiary/aromatic N) is 1. The molecule has 0 spiro atoms. The maximum Gasteiger partial charge on any atom is 0.137 e. The molecule has 1 saturated heterocycles. The first-order valence-electron chi connectivity index (χ1n) is 7.91. The number of hydrogen-bond acceptors (Lipinski definition) is 2. The summed E-state index contributed by atoms with van der Waals surface area (Å²) in [5.41, 5.74) is 0.649. The standard InChI is InChI=1S/C17H25BrFNO/c1-3-17(4-2,20-10-5-6-11-20)15(21)12-13-8-7-9-14(19)16(13)18/h7-9,15,21H,3-6,10-12H2,1-2H3. The minimum Gasteiger partial charge on any atom is -0.391 e. The van der Waals surface area contributed by atoms with Crippen LogP contribution in [-0.2, 0) is 6.42 Å². The lowest BCUT2D eigenvalue weighted by Crippen LogP contribution is -2.55. The minimum atomic E-state index is -0.483. The van der Waals surface area contributed by atoms with E-state index in [1.165, 1.54) is 18.9 Å². The van der Waals surface area contributed by atoms with Gasteiger partial charge in [-0.25, -0.2) is 4.39 Å². The molecule has 0 amide bonds. The van der Waals surface area contributed by atoms with Gasteiger partial charge < -0.3 is 5.11 Å². The van der Waals surface area contributed by atoms with Crippen LogP contribution in [0, 0.1) is 5.82 Å². The van der Waals surface area contributed by atoms with Crippen LogP contribution in [0.4, 0.5) is 4.39 Å². The highest BCUT2D eigenvalue weighted by atomic mass is 79.9. The Hall–Kier alpha value is -0.450. The summed E-state index contributed by atoms with van der Waals surface area (Å²) in [6.45, 7) is 6.41. The zero-order valence-corrected chi connectivity index (χ0v) is 14.5. The topological polar surface area (TPSA) is 23.5 Å². The summed E-state index contributed by atoms with van der Waals surface area (Å²) < 4.78 is 14.1. The molecule has 1 fully saturated rings. The van der Waals surface area contributed by atoms with Gasteiger partial charge >= 0.3 is 0 Å². The smallest absolute Gasteiger partial charge is 0.137 e. The van der Waals surface area contributed by atoms with Crippen molar-refractivity contribution in [1.82, 2.24) is 4.90 Å². The van der Waals surface area contributed by atoms with Crippen molar-refractivity contribution < 1.29 is 9.50 Å². The SMILES string of the molecule is CCC(CC)(C(O)Cc1cccc(F)c1Br)N1CCCC1. The third kappa shape index (κ3) is 3.33. The zero-order chi connectivity index (χ0) is 15.5. The number of halogens is 2. The van der Waals surface area contributed by atoms with Gasteiger partial charge in [0.25, 0.3) is 0 Å². The number of rotatable bonds is 6. The molecule has 0 aliphatic carbocycles. The molecule has 1 aromatic carbocycles. The van der Waals surface area contributed by atoms with Crippen LogP contribution in [-0.4, -0.2) is 34.7 Å². The van der Waals surface area contributed by atoms with E-state index in [1.54, 1.807) is 6.07 Å². The Morgan fingerprint density at radius 3 is 2.48 bits per heavy atom. The molecule has 1 heterocycles. The Balaban J connectivity index is 2.22. The Morgan fingerprint density at radius 1 is 1.29 bits per heavy atom. The summed E-state index contributed by atoms with van der Waals surface area (Å²) >= 11 is 3.30. The van der Waals surface area contributed by atoms with Gasteiger partial charge in [0.2, 0.25) is 0 Å². The molecule has 0 saturated carbocycles. The molecular weight excluding hydrogens is 333 g/mol. The van der Waals surface area contributed by atoms with Gasteiger partial charge in [-0.2, -0.15) is 0 Å². The molecule has 0 radical (unpaired) electrons. The fraction of sp³-hybridized carbons (Fsp3) is 0.647. The summed E-state index contributed by atoms with van der Waals surface area (Å²) in [5, 5.41) is 10.9. The highest BCUT2D eigenvalue weighted by Crippen LogP contribution is 2.34. The van der Waals surface area contributed by atoms with Gasteiger partial charge in [-0.3, -0.25) is 4.90 Å². The number of aliphatic hydroxyl groups excluding tert-OH is 1.